The van der Waals surface area contributed by atoms with Gasteiger partial charge in [0.1, 0.15) is 10.7 Å². The van der Waals surface area contributed by atoms with Crippen LogP contribution < -0.4 is 10.5 Å². The van der Waals surface area contributed by atoms with Crippen LogP contribution in [0.3, 0.4) is 0 Å². The van der Waals surface area contributed by atoms with Crippen molar-refractivity contribution in [3.8, 4) is 0 Å². The highest BCUT2D eigenvalue weighted by molar-refractivity contribution is 7.89. The van der Waals surface area contributed by atoms with Gasteiger partial charge in [0, 0.05) is 12.1 Å². The summed E-state index contributed by atoms with van der Waals surface area (Å²) in [5.74, 6) is -0.725. The number of benzene rings is 1. The molecule has 0 bridgehead atoms. The normalized spacial score (nSPS) is 24.4. The summed E-state index contributed by atoms with van der Waals surface area (Å²) < 4.78 is 40.6. The van der Waals surface area contributed by atoms with E-state index >= 15 is 0 Å². The molecule has 0 unspecified atom stereocenters. The Morgan fingerprint density at radius 1 is 1.32 bits per heavy atom. The summed E-state index contributed by atoms with van der Waals surface area (Å²) >= 11 is 0. The van der Waals surface area contributed by atoms with Crippen LogP contribution in [-0.2, 0) is 10.0 Å². The minimum absolute atomic E-state index is 0.197. The summed E-state index contributed by atoms with van der Waals surface area (Å²) in [6, 6.07) is 3.59. The second kappa shape index (κ2) is 5.56. The number of rotatable bonds is 3. The topological polar surface area (TPSA) is 72.2 Å². The first-order valence-electron chi connectivity index (χ1n) is 6.44. The molecule has 0 aliphatic heterocycles. The first-order valence-corrected chi connectivity index (χ1v) is 7.92. The quantitative estimate of drug-likeness (QED) is 0.888. The number of nitrogens with one attached hydrogen (secondary N) is 1. The van der Waals surface area contributed by atoms with Crippen molar-refractivity contribution < 1.29 is 12.8 Å². The van der Waals surface area contributed by atoms with E-state index in [0.717, 1.165) is 19.3 Å². The Balaban J connectivity index is 2.22. The van der Waals surface area contributed by atoms with Gasteiger partial charge in [-0.25, -0.2) is 17.5 Å². The molecule has 3 N–H and O–H groups in total. The van der Waals surface area contributed by atoms with Crippen molar-refractivity contribution in [2.24, 2.45) is 5.73 Å². The predicted molar refractivity (Wildman–Crippen MR) is 71.7 cm³/mol. The summed E-state index contributed by atoms with van der Waals surface area (Å²) in [7, 11) is -3.85. The Morgan fingerprint density at radius 3 is 2.63 bits per heavy atom. The molecule has 0 amide bonds. The molecule has 1 aromatic carbocycles. The maximum Gasteiger partial charge on any atom is 0.243 e. The van der Waals surface area contributed by atoms with Crippen molar-refractivity contribution in [2.75, 3.05) is 0 Å². The van der Waals surface area contributed by atoms with Crippen LogP contribution in [0.25, 0.3) is 0 Å². The van der Waals surface area contributed by atoms with E-state index in [2.05, 4.69) is 4.72 Å². The van der Waals surface area contributed by atoms with E-state index in [4.69, 9.17) is 5.73 Å². The van der Waals surface area contributed by atoms with E-state index in [1.807, 2.05) is 0 Å². The van der Waals surface area contributed by atoms with Crippen molar-refractivity contribution >= 4 is 10.0 Å². The zero-order valence-corrected chi connectivity index (χ0v) is 11.7. The highest BCUT2D eigenvalue weighted by atomic mass is 32.2. The Morgan fingerprint density at radius 2 is 2.00 bits per heavy atom. The van der Waals surface area contributed by atoms with Crippen LogP contribution in [-0.4, -0.2) is 20.5 Å². The SMILES string of the molecule is Cc1ccc(S(=O)(=O)N[C@@H]2CCCC[C@H]2N)c(F)c1. The minimum Gasteiger partial charge on any atom is -0.326 e. The fourth-order valence-electron chi connectivity index (χ4n) is 2.39. The van der Waals surface area contributed by atoms with Gasteiger partial charge in [0.15, 0.2) is 0 Å². The van der Waals surface area contributed by atoms with Gasteiger partial charge in [-0.3, -0.25) is 0 Å². The van der Waals surface area contributed by atoms with Gasteiger partial charge in [0.2, 0.25) is 10.0 Å². The molecule has 0 radical (unpaired) electrons. The summed E-state index contributed by atoms with van der Waals surface area (Å²) in [5.41, 5.74) is 6.59. The molecule has 0 saturated heterocycles. The lowest BCUT2D eigenvalue weighted by Gasteiger charge is -2.29. The standard InChI is InChI=1S/C13H19FN2O2S/c1-9-6-7-13(10(14)8-9)19(17,18)16-12-5-3-2-4-11(12)15/h6-8,11-12,16H,2-5,15H2,1H3/t11-,12-/m1/s1. The van der Waals surface area contributed by atoms with Crippen LogP contribution in [0.15, 0.2) is 23.1 Å². The Kier molecular flexibility index (Phi) is 4.23. The molecule has 1 aliphatic carbocycles. The van der Waals surface area contributed by atoms with Crippen LogP contribution in [0, 0.1) is 12.7 Å². The molecule has 0 heterocycles. The van der Waals surface area contributed by atoms with E-state index in [1.165, 1.54) is 12.1 Å². The number of halogens is 1. The third kappa shape index (κ3) is 3.32. The number of hydrogen-bond donors (Lipinski definition) is 2. The maximum absolute atomic E-state index is 13.7. The van der Waals surface area contributed by atoms with Crippen LogP contribution in [0.4, 0.5) is 4.39 Å². The third-order valence-electron chi connectivity index (χ3n) is 3.50. The summed E-state index contributed by atoms with van der Waals surface area (Å²) in [5, 5.41) is 0. The molecule has 2 atom stereocenters. The maximum atomic E-state index is 13.7. The lowest BCUT2D eigenvalue weighted by molar-refractivity contribution is 0.360. The number of hydrogen-bond acceptors (Lipinski definition) is 3. The summed E-state index contributed by atoms with van der Waals surface area (Å²) in [4.78, 5) is -0.309. The first-order chi connectivity index (χ1) is 8.90. The summed E-state index contributed by atoms with van der Waals surface area (Å²) in [6.45, 7) is 1.71. The lowest BCUT2D eigenvalue weighted by Crippen LogP contribution is -2.49. The molecule has 0 spiro atoms. The Labute approximate surface area is 113 Å². The molecule has 1 fully saturated rings. The molecular weight excluding hydrogens is 267 g/mol. The molecular formula is C13H19FN2O2S. The molecule has 2 rings (SSSR count). The van der Waals surface area contributed by atoms with Gasteiger partial charge in [0.05, 0.1) is 0 Å². The average Bonchev–Trinajstić information content (AvgIpc) is 2.31. The van der Waals surface area contributed by atoms with Gasteiger partial charge in [-0.15, -0.1) is 0 Å². The van der Waals surface area contributed by atoms with Gasteiger partial charge in [-0.2, -0.15) is 0 Å². The highest BCUT2D eigenvalue weighted by Crippen LogP contribution is 2.21. The molecule has 0 aromatic heterocycles. The minimum atomic E-state index is -3.85. The molecule has 1 aliphatic rings. The molecule has 4 nitrogen and oxygen atoms in total. The molecule has 6 heteroatoms. The van der Waals surface area contributed by atoms with Crippen LogP contribution >= 0.6 is 0 Å². The largest absolute Gasteiger partial charge is 0.326 e. The van der Waals surface area contributed by atoms with Crippen molar-refractivity contribution in [2.45, 2.75) is 49.6 Å². The molecule has 1 aromatic rings. The van der Waals surface area contributed by atoms with Crippen LogP contribution in [0.5, 0.6) is 0 Å². The zero-order chi connectivity index (χ0) is 14.0. The number of sulfonamides is 1. The number of nitrogens with two attached hydrogens (primary N) is 1. The Hall–Kier alpha value is -0.980. The van der Waals surface area contributed by atoms with Gasteiger partial charge in [-0.05, 0) is 37.5 Å². The highest BCUT2D eigenvalue weighted by Gasteiger charge is 2.28. The van der Waals surface area contributed by atoms with Crippen molar-refractivity contribution in [1.29, 1.82) is 0 Å². The van der Waals surface area contributed by atoms with E-state index < -0.39 is 15.8 Å². The van der Waals surface area contributed by atoms with Crippen molar-refractivity contribution in [3.63, 3.8) is 0 Å². The van der Waals surface area contributed by atoms with Crippen molar-refractivity contribution in [3.05, 3.63) is 29.6 Å². The van der Waals surface area contributed by atoms with Crippen molar-refractivity contribution in [1.82, 2.24) is 4.72 Å². The van der Waals surface area contributed by atoms with E-state index in [-0.39, 0.29) is 17.0 Å². The molecule has 106 valence electrons. The van der Waals surface area contributed by atoms with Crippen LogP contribution in [0.1, 0.15) is 31.2 Å². The summed E-state index contributed by atoms with van der Waals surface area (Å²) in [6.07, 6.45) is 3.45. The fourth-order valence-corrected chi connectivity index (χ4v) is 3.77. The second-order valence-electron chi connectivity index (χ2n) is 5.11. The predicted octanol–water partition coefficient (Wildman–Crippen LogP) is 1.68. The first kappa shape index (κ1) is 14.4. The monoisotopic (exact) mass is 286 g/mol. The van der Waals surface area contributed by atoms with Gasteiger partial charge >= 0.3 is 0 Å². The fraction of sp³-hybridized carbons (Fsp3) is 0.538. The smallest absolute Gasteiger partial charge is 0.243 e. The van der Waals surface area contributed by atoms with Gasteiger partial charge in [-0.1, -0.05) is 18.9 Å². The second-order valence-corrected chi connectivity index (χ2v) is 6.79. The van der Waals surface area contributed by atoms with E-state index in [9.17, 15) is 12.8 Å². The zero-order valence-electron chi connectivity index (χ0n) is 10.9. The van der Waals surface area contributed by atoms with E-state index in [1.54, 1.807) is 13.0 Å². The average molecular weight is 286 g/mol. The van der Waals surface area contributed by atoms with E-state index in [0.29, 0.717) is 12.0 Å². The van der Waals surface area contributed by atoms with Gasteiger partial charge < -0.3 is 5.73 Å². The molecule has 19 heavy (non-hydrogen) atoms. The Bertz CT molecular complexity index is 560. The molecule has 1 saturated carbocycles. The van der Waals surface area contributed by atoms with Crippen LogP contribution in [0.2, 0.25) is 0 Å². The number of aryl methyl sites for hydroxylation is 1. The lowest BCUT2D eigenvalue weighted by atomic mass is 9.92. The van der Waals surface area contributed by atoms with Gasteiger partial charge in [0.25, 0.3) is 0 Å². The third-order valence-corrected chi connectivity index (χ3v) is 5.03.